The Labute approximate surface area is 213 Å². The van der Waals surface area contributed by atoms with E-state index in [0.717, 1.165) is 42.5 Å². The monoisotopic (exact) mass is 530 g/mol. The van der Waals surface area contributed by atoms with Crippen LogP contribution in [0, 0.1) is 18.2 Å². The second-order valence-electron chi connectivity index (χ2n) is 9.56. The summed E-state index contributed by atoms with van der Waals surface area (Å²) in [6.45, 7) is 6.58. The summed E-state index contributed by atoms with van der Waals surface area (Å²) in [6.07, 6.45) is 5.51. The normalized spacial score (nSPS) is 15.3. The molecule has 0 bridgehead atoms. The highest BCUT2D eigenvalue weighted by Gasteiger charge is 2.25. The van der Waals surface area contributed by atoms with E-state index in [1.54, 1.807) is 0 Å². The highest BCUT2D eigenvalue weighted by Crippen LogP contribution is 2.39. The summed E-state index contributed by atoms with van der Waals surface area (Å²) in [5.74, 6) is -2.71. The first-order chi connectivity index (χ1) is 16.9. The SMILES string of the molecule is COc1cc(C(=O)O)c(F)cc1NS(=O)(=O)c1csc(-c2ccc(C3=CCC(C)(C)CC3)c(C)c2)n1. The van der Waals surface area contributed by atoms with Crippen LogP contribution < -0.4 is 9.46 Å². The van der Waals surface area contributed by atoms with E-state index in [1.807, 2.05) is 19.1 Å². The number of nitrogens with zero attached hydrogens (tertiary/aromatic N) is 1. The van der Waals surface area contributed by atoms with E-state index in [-0.39, 0.29) is 16.5 Å². The van der Waals surface area contributed by atoms with Crippen molar-refractivity contribution in [3.8, 4) is 16.3 Å². The topological polar surface area (TPSA) is 106 Å². The van der Waals surface area contributed by atoms with Gasteiger partial charge in [-0.15, -0.1) is 11.3 Å². The molecule has 0 fully saturated rings. The molecule has 7 nitrogen and oxygen atoms in total. The molecule has 1 aromatic heterocycles. The maximum atomic E-state index is 14.2. The molecule has 0 spiro atoms. The van der Waals surface area contributed by atoms with Crippen LogP contribution in [0.5, 0.6) is 5.75 Å². The Bertz CT molecular complexity index is 1480. The molecule has 0 saturated carbocycles. The van der Waals surface area contributed by atoms with Crippen LogP contribution in [0.4, 0.5) is 10.1 Å². The molecule has 3 aromatic rings. The molecule has 2 aromatic carbocycles. The molecule has 1 aliphatic rings. The number of carboxylic acids is 1. The van der Waals surface area contributed by atoms with E-state index >= 15 is 0 Å². The number of hydrogen-bond donors (Lipinski definition) is 2. The van der Waals surface area contributed by atoms with Crippen molar-refractivity contribution in [1.29, 1.82) is 0 Å². The van der Waals surface area contributed by atoms with Gasteiger partial charge in [-0.1, -0.05) is 32.1 Å². The van der Waals surface area contributed by atoms with Crippen molar-refractivity contribution >= 4 is 38.6 Å². The zero-order valence-electron chi connectivity index (χ0n) is 20.4. The van der Waals surface area contributed by atoms with Gasteiger partial charge in [0.1, 0.15) is 16.6 Å². The number of allylic oxidation sites excluding steroid dienone is 2. The fourth-order valence-corrected chi connectivity index (χ4v) is 6.31. The lowest BCUT2D eigenvalue weighted by atomic mass is 9.76. The van der Waals surface area contributed by atoms with Crippen molar-refractivity contribution < 1.29 is 27.4 Å². The number of aromatic carboxylic acids is 1. The van der Waals surface area contributed by atoms with Crippen LogP contribution in [0.2, 0.25) is 0 Å². The third-order valence-corrected chi connectivity index (χ3v) is 8.60. The molecule has 2 N–H and O–H groups in total. The number of thiazole rings is 1. The predicted molar refractivity (Wildman–Crippen MR) is 139 cm³/mol. The van der Waals surface area contributed by atoms with Crippen LogP contribution >= 0.6 is 11.3 Å². The number of sulfonamides is 1. The maximum Gasteiger partial charge on any atom is 0.338 e. The van der Waals surface area contributed by atoms with Crippen molar-refractivity contribution in [2.24, 2.45) is 5.41 Å². The van der Waals surface area contributed by atoms with Gasteiger partial charge in [-0.25, -0.2) is 14.2 Å². The van der Waals surface area contributed by atoms with Gasteiger partial charge in [-0.2, -0.15) is 8.42 Å². The van der Waals surface area contributed by atoms with Gasteiger partial charge >= 0.3 is 5.97 Å². The van der Waals surface area contributed by atoms with Crippen LogP contribution in [0.15, 0.2) is 46.8 Å². The number of nitrogens with one attached hydrogen (secondary N) is 1. The largest absolute Gasteiger partial charge is 0.495 e. The lowest BCUT2D eigenvalue weighted by molar-refractivity contribution is 0.0691. The average molecular weight is 531 g/mol. The summed E-state index contributed by atoms with van der Waals surface area (Å²) in [5, 5.41) is 10.8. The van der Waals surface area contributed by atoms with Gasteiger partial charge in [-0.05, 0) is 60.4 Å². The summed E-state index contributed by atoms with van der Waals surface area (Å²) >= 11 is 1.18. The van der Waals surface area contributed by atoms with Gasteiger partial charge in [0.2, 0.25) is 0 Å². The molecule has 0 amide bonds. The number of benzene rings is 2. The molecular formula is C26H27FN2O5S2. The molecule has 36 heavy (non-hydrogen) atoms. The summed E-state index contributed by atoms with van der Waals surface area (Å²) in [4.78, 5) is 15.5. The number of carbonyl (C=O) groups is 1. The third-order valence-electron chi connectivity index (χ3n) is 6.31. The number of halogens is 1. The Morgan fingerprint density at radius 1 is 1.25 bits per heavy atom. The first kappa shape index (κ1) is 25.8. The lowest BCUT2D eigenvalue weighted by Gasteiger charge is -2.29. The van der Waals surface area contributed by atoms with Crippen molar-refractivity contribution in [2.45, 2.75) is 45.1 Å². The van der Waals surface area contributed by atoms with Crippen molar-refractivity contribution in [3.05, 3.63) is 64.3 Å². The number of aromatic nitrogens is 1. The minimum Gasteiger partial charge on any atom is -0.495 e. The highest BCUT2D eigenvalue weighted by atomic mass is 32.2. The van der Waals surface area contributed by atoms with Crippen molar-refractivity contribution in [1.82, 2.24) is 4.98 Å². The number of anilines is 1. The number of aryl methyl sites for hydroxylation is 1. The minimum atomic E-state index is -4.18. The third kappa shape index (κ3) is 5.29. The summed E-state index contributed by atoms with van der Waals surface area (Å²) in [7, 11) is -2.95. The van der Waals surface area contributed by atoms with Gasteiger partial charge in [-0.3, -0.25) is 4.72 Å². The zero-order chi connectivity index (χ0) is 26.3. The Morgan fingerprint density at radius 2 is 2.00 bits per heavy atom. The molecule has 0 unspecified atom stereocenters. The molecule has 4 rings (SSSR count). The van der Waals surface area contributed by atoms with E-state index in [2.05, 4.69) is 35.7 Å². The minimum absolute atomic E-state index is 0.126. The number of methoxy groups -OCH3 is 1. The highest BCUT2D eigenvalue weighted by molar-refractivity contribution is 7.92. The van der Waals surface area contributed by atoms with Gasteiger partial charge in [0.25, 0.3) is 10.0 Å². The van der Waals surface area contributed by atoms with E-state index in [1.165, 1.54) is 35.0 Å². The smallest absolute Gasteiger partial charge is 0.338 e. The lowest BCUT2D eigenvalue weighted by Crippen LogP contribution is -2.15. The molecule has 190 valence electrons. The van der Waals surface area contributed by atoms with Gasteiger partial charge < -0.3 is 9.84 Å². The molecule has 0 atom stereocenters. The molecule has 0 radical (unpaired) electrons. The van der Waals surface area contributed by atoms with E-state index < -0.39 is 27.4 Å². The fourth-order valence-electron chi connectivity index (χ4n) is 4.16. The van der Waals surface area contributed by atoms with Gasteiger partial charge in [0.15, 0.2) is 5.03 Å². The quantitative estimate of drug-likeness (QED) is 0.368. The van der Waals surface area contributed by atoms with Crippen molar-refractivity contribution in [2.75, 3.05) is 11.8 Å². The average Bonchev–Trinajstić information content (AvgIpc) is 3.31. The van der Waals surface area contributed by atoms with Crippen molar-refractivity contribution in [3.63, 3.8) is 0 Å². The number of ether oxygens (including phenoxy) is 1. The standard InChI is InChI=1S/C26H27FN2O5S2/c1-15-11-17(5-6-18(15)16-7-9-26(2,3)10-8-16)24-28-23(14-35-24)36(32,33)29-21-13-20(27)19(25(30)31)12-22(21)34-4/h5-7,11-14,29H,8-10H2,1-4H3,(H,30,31). The molecule has 0 aliphatic heterocycles. The molecule has 10 heteroatoms. The van der Waals surface area contributed by atoms with Crippen LogP contribution in [-0.4, -0.2) is 31.6 Å². The number of carboxylic acid groups (broad SMARTS) is 1. The Morgan fingerprint density at radius 3 is 2.61 bits per heavy atom. The maximum absolute atomic E-state index is 14.2. The molecule has 1 heterocycles. The predicted octanol–water partition coefficient (Wildman–Crippen LogP) is 6.36. The molecular weight excluding hydrogens is 503 g/mol. The summed E-state index contributed by atoms with van der Waals surface area (Å²) in [6, 6.07) is 7.70. The van der Waals surface area contributed by atoms with Gasteiger partial charge in [0, 0.05) is 17.0 Å². The molecule has 0 saturated heterocycles. The number of rotatable bonds is 7. The van der Waals surface area contributed by atoms with Crippen LogP contribution in [-0.2, 0) is 10.0 Å². The Balaban J connectivity index is 1.59. The fraction of sp³-hybridized carbons (Fsp3) is 0.308. The summed E-state index contributed by atoms with van der Waals surface area (Å²) in [5.41, 5.74) is 3.89. The van der Waals surface area contributed by atoms with Gasteiger partial charge in [0.05, 0.1) is 18.4 Å². The van der Waals surface area contributed by atoms with E-state index in [4.69, 9.17) is 9.84 Å². The zero-order valence-corrected chi connectivity index (χ0v) is 22.0. The second kappa shape index (κ2) is 9.67. The van der Waals surface area contributed by atoms with Crippen LogP contribution in [0.1, 0.15) is 54.6 Å². The first-order valence-corrected chi connectivity index (χ1v) is 13.7. The number of hydrogen-bond acceptors (Lipinski definition) is 6. The second-order valence-corrected chi connectivity index (χ2v) is 12.0. The van der Waals surface area contributed by atoms with Crippen LogP contribution in [0.25, 0.3) is 16.1 Å². The van der Waals surface area contributed by atoms with Crippen LogP contribution in [0.3, 0.4) is 0 Å². The molecule has 1 aliphatic carbocycles. The van der Waals surface area contributed by atoms with E-state index in [9.17, 15) is 17.6 Å². The Kier molecular flexibility index (Phi) is 6.94. The first-order valence-electron chi connectivity index (χ1n) is 11.3. The Hall–Kier alpha value is -3.24. The summed E-state index contributed by atoms with van der Waals surface area (Å²) < 4.78 is 47.4. The van der Waals surface area contributed by atoms with E-state index in [0.29, 0.717) is 10.4 Å².